The number of carbonyl (C=O) groups excluding carboxylic acids is 2. The molecule has 0 bridgehead atoms. The fourth-order valence-corrected chi connectivity index (χ4v) is 10.9. The Hall–Kier alpha value is -7.62. The lowest BCUT2D eigenvalue weighted by molar-refractivity contribution is -0.149. The third-order valence-corrected chi connectivity index (χ3v) is 15.4. The highest BCUT2D eigenvalue weighted by Crippen LogP contribution is 2.42. The van der Waals surface area contributed by atoms with E-state index < -0.39 is 47.1 Å². The second kappa shape index (κ2) is 26.6. The van der Waals surface area contributed by atoms with E-state index in [2.05, 4.69) is 28.8 Å². The number of carboxylic acid groups (broad SMARTS) is 2. The molecule has 5 aromatic carbocycles. The van der Waals surface area contributed by atoms with Crippen molar-refractivity contribution in [2.75, 3.05) is 31.3 Å². The lowest BCUT2D eigenvalue weighted by Crippen LogP contribution is -2.43. The van der Waals surface area contributed by atoms with Crippen LogP contribution in [0.3, 0.4) is 0 Å². The van der Waals surface area contributed by atoms with Gasteiger partial charge in [0.25, 0.3) is 11.9 Å². The van der Waals surface area contributed by atoms with E-state index in [1.807, 2.05) is 42.7 Å². The number of rotatable bonds is 33. The zero-order chi connectivity index (χ0) is 55.3. The van der Waals surface area contributed by atoms with Crippen molar-refractivity contribution in [3.05, 3.63) is 104 Å². The maximum Gasteiger partial charge on any atom is 0.353 e. The molecule has 2 aromatic heterocycles. The Labute approximate surface area is 454 Å². The first-order valence-electron chi connectivity index (χ1n) is 28.0. The largest absolute Gasteiger partial charge is 0.494 e. The van der Waals surface area contributed by atoms with Crippen molar-refractivity contribution in [1.29, 1.82) is 0 Å². The SMILES string of the molecule is Cc1c(N)c2c3c(ccc2n1CCCCCCCCCCCCOc1ccc(-c2ccc(OCCCCCCCCCCCCn4c(C)c(N)c5c(OCC(=O)O)c6c(=O)c(=O)c6cc54)cc2)cc1)C(=O)C(=O)C(C(=O)O)O3. The summed E-state index contributed by atoms with van der Waals surface area (Å²) in [6.45, 7) is 6.00. The molecule has 0 amide bonds. The first-order valence-corrected chi connectivity index (χ1v) is 28.0. The van der Waals surface area contributed by atoms with Crippen LogP contribution in [0.25, 0.3) is 43.7 Å². The average molecular weight is 1070 g/mol. The average Bonchev–Trinajstić information content (AvgIpc) is 3.86. The fourth-order valence-electron chi connectivity index (χ4n) is 10.9. The lowest BCUT2D eigenvalue weighted by Gasteiger charge is -2.22. The quantitative estimate of drug-likeness (QED) is 0.0170. The minimum Gasteiger partial charge on any atom is -0.494 e. The van der Waals surface area contributed by atoms with E-state index in [9.17, 15) is 39.0 Å². The molecule has 6 N–H and O–H groups in total. The zero-order valence-electron chi connectivity index (χ0n) is 45.1. The van der Waals surface area contributed by atoms with Crippen molar-refractivity contribution in [3.8, 4) is 34.1 Å². The van der Waals surface area contributed by atoms with Gasteiger partial charge in [-0.2, -0.15) is 0 Å². The highest BCUT2D eigenvalue weighted by molar-refractivity contribution is 6.49. The van der Waals surface area contributed by atoms with Crippen molar-refractivity contribution < 1.29 is 48.3 Å². The Balaban J connectivity index is 0.613. The van der Waals surface area contributed by atoms with Crippen LogP contribution < -0.4 is 41.3 Å². The van der Waals surface area contributed by atoms with Crippen LogP contribution >= 0.6 is 0 Å². The van der Waals surface area contributed by atoms with Crippen LogP contribution in [-0.2, 0) is 27.5 Å². The van der Waals surface area contributed by atoms with E-state index in [1.54, 1.807) is 12.1 Å². The smallest absolute Gasteiger partial charge is 0.353 e. The van der Waals surface area contributed by atoms with Crippen LogP contribution in [0, 0.1) is 13.8 Å². The van der Waals surface area contributed by atoms with Crippen molar-refractivity contribution in [2.45, 2.75) is 161 Å². The van der Waals surface area contributed by atoms with Gasteiger partial charge in [-0.1, -0.05) is 127 Å². The maximum absolute atomic E-state index is 12.6. The number of nitrogen functional groups attached to an aromatic ring is 2. The maximum atomic E-state index is 12.6. The normalized spacial score (nSPS) is 13.4. The number of anilines is 2. The number of hydrogen-bond acceptors (Lipinski definition) is 12. The minimum absolute atomic E-state index is 0.0498. The van der Waals surface area contributed by atoms with Gasteiger partial charge in [-0.3, -0.25) is 19.2 Å². The molecule has 1 aliphatic heterocycles. The summed E-state index contributed by atoms with van der Waals surface area (Å²) in [4.78, 5) is 72.3. The van der Waals surface area contributed by atoms with Gasteiger partial charge in [0.15, 0.2) is 6.61 Å². The van der Waals surface area contributed by atoms with Crippen molar-refractivity contribution in [3.63, 3.8) is 0 Å². The van der Waals surface area contributed by atoms with Gasteiger partial charge in [-0.25, -0.2) is 9.59 Å². The monoisotopic (exact) mass is 1070 g/mol. The van der Waals surface area contributed by atoms with Crippen LogP contribution in [0.2, 0.25) is 0 Å². The molecule has 1 unspecified atom stereocenters. The number of nitrogens with zero attached hydrogens (tertiary/aromatic N) is 2. The van der Waals surface area contributed by atoms with Crippen LogP contribution in [0.5, 0.6) is 23.0 Å². The molecule has 8 rings (SSSR count). The number of aromatic nitrogens is 2. The standard InChI is InChI=1S/C62H74N4O12/c1-39-53(63)51-47(32-31-45-55(69)58(72)61(62(73)74)78-59(45)51)65(39)33-19-15-11-7-3-5-9-13-17-21-35-75-43-27-23-41(24-28-43)42-25-29-44(30-26-42)76-36-22-18-14-10-6-4-8-12-16-20-34-66-40(2)54(64)52-48(66)37-46-50(57(71)56(46)70)60(52)77-38-49(67)68/h23-32,37,61H,3-22,33-36,38,63-64H2,1-2H3,(H,67,68)(H,73,74). The van der Waals surface area contributed by atoms with Gasteiger partial charge >= 0.3 is 11.9 Å². The van der Waals surface area contributed by atoms with E-state index >= 15 is 0 Å². The van der Waals surface area contributed by atoms with Gasteiger partial charge in [0.05, 0.1) is 57.3 Å². The summed E-state index contributed by atoms with van der Waals surface area (Å²) in [5.74, 6) is -2.69. The molecular weight excluding hydrogens is 993 g/mol. The molecule has 3 heterocycles. The Morgan fingerprint density at radius 3 is 1.46 bits per heavy atom. The summed E-state index contributed by atoms with van der Waals surface area (Å²) in [5.41, 5.74) is 17.9. The summed E-state index contributed by atoms with van der Waals surface area (Å²) in [5, 5.41) is 20.0. The number of carboxylic acids is 2. The van der Waals surface area contributed by atoms with Gasteiger partial charge in [-0.15, -0.1) is 0 Å². The van der Waals surface area contributed by atoms with Crippen LogP contribution in [-0.4, -0.2) is 68.8 Å². The molecular formula is C62H74N4O12. The minimum atomic E-state index is -1.86. The third-order valence-electron chi connectivity index (χ3n) is 15.4. The molecule has 7 aromatic rings. The van der Waals surface area contributed by atoms with Crippen molar-refractivity contribution in [1.82, 2.24) is 9.13 Å². The van der Waals surface area contributed by atoms with E-state index in [1.165, 1.54) is 70.3 Å². The number of Topliss-reactive ketones (excluding diaryl/α,β-unsaturated/α-hetero) is 2. The third kappa shape index (κ3) is 13.0. The molecule has 78 heavy (non-hydrogen) atoms. The first kappa shape index (κ1) is 56.6. The highest BCUT2D eigenvalue weighted by atomic mass is 16.5. The summed E-state index contributed by atoms with van der Waals surface area (Å²) < 4.78 is 27.3. The van der Waals surface area contributed by atoms with Gasteiger partial charge in [0.2, 0.25) is 16.6 Å². The zero-order valence-corrected chi connectivity index (χ0v) is 45.1. The number of unbranched alkanes of at least 4 members (excludes halogenated alkanes) is 18. The van der Waals surface area contributed by atoms with Crippen LogP contribution in [0.4, 0.5) is 11.4 Å². The second-order valence-electron chi connectivity index (χ2n) is 20.8. The van der Waals surface area contributed by atoms with Gasteiger partial charge in [-0.05, 0) is 93.1 Å². The number of hydrogen-bond donors (Lipinski definition) is 4. The number of fused-ring (bicyclic) bond motifs is 5. The number of nitrogens with two attached hydrogens (primary N) is 2. The summed E-state index contributed by atoms with van der Waals surface area (Å²) in [7, 11) is 0. The molecule has 1 atom stereocenters. The predicted molar refractivity (Wildman–Crippen MR) is 304 cm³/mol. The van der Waals surface area contributed by atoms with E-state index in [-0.39, 0.29) is 27.8 Å². The molecule has 1 aliphatic rings. The number of aryl methyl sites for hydroxylation is 2. The number of aliphatic carboxylic acids is 2. The molecule has 16 nitrogen and oxygen atoms in total. The van der Waals surface area contributed by atoms with E-state index in [0.717, 1.165) is 110 Å². The second-order valence-corrected chi connectivity index (χ2v) is 20.8. The van der Waals surface area contributed by atoms with E-state index in [4.69, 9.17) is 30.4 Å². The number of ketones is 2. The lowest BCUT2D eigenvalue weighted by atomic mass is 9.97. The Morgan fingerprint density at radius 2 is 0.987 bits per heavy atom. The summed E-state index contributed by atoms with van der Waals surface area (Å²) in [6.07, 6.45) is 20.8. The number of ether oxygens (including phenoxy) is 4. The van der Waals surface area contributed by atoms with Crippen LogP contribution in [0.15, 0.2) is 76.3 Å². The molecule has 414 valence electrons. The Morgan fingerprint density at radius 1 is 0.538 bits per heavy atom. The van der Waals surface area contributed by atoms with Crippen molar-refractivity contribution in [2.24, 2.45) is 0 Å². The molecule has 16 heteroatoms. The predicted octanol–water partition coefficient (Wildman–Crippen LogP) is 11.8. The molecule has 0 aliphatic carbocycles. The molecule has 0 saturated heterocycles. The van der Waals surface area contributed by atoms with Gasteiger partial charge in [0.1, 0.15) is 23.0 Å². The molecule has 0 radical (unpaired) electrons. The molecule has 0 fully saturated rings. The molecule has 0 spiro atoms. The van der Waals surface area contributed by atoms with Crippen molar-refractivity contribution >= 4 is 67.5 Å². The van der Waals surface area contributed by atoms with Gasteiger partial charge < -0.3 is 49.8 Å². The summed E-state index contributed by atoms with van der Waals surface area (Å²) >= 11 is 0. The molecule has 0 saturated carbocycles. The Kier molecular flexibility index (Phi) is 19.3. The van der Waals surface area contributed by atoms with Crippen LogP contribution in [0.1, 0.15) is 150 Å². The first-order chi connectivity index (χ1) is 37.8. The van der Waals surface area contributed by atoms with Gasteiger partial charge in [0, 0.05) is 29.9 Å². The highest BCUT2D eigenvalue weighted by Gasteiger charge is 2.42. The van der Waals surface area contributed by atoms with E-state index in [0.29, 0.717) is 47.4 Å². The Bertz CT molecular complexity index is 3330. The number of carbonyl (C=O) groups is 4. The topological polar surface area (TPSA) is 242 Å². The number of benzene rings is 4. The summed E-state index contributed by atoms with van der Waals surface area (Å²) in [6, 6.07) is 21.6. The fraction of sp³-hybridized carbons (Fsp3) is 0.452.